The summed E-state index contributed by atoms with van der Waals surface area (Å²) in [5.41, 5.74) is 6.82. The summed E-state index contributed by atoms with van der Waals surface area (Å²) >= 11 is 0. The van der Waals surface area contributed by atoms with E-state index in [0.29, 0.717) is 23.2 Å². The molecule has 0 spiro atoms. The molecule has 2 N–H and O–H groups in total. The van der Waals surface area contributed by atoms with E-state index in [-0.39, 0.29) is 24.4 Å². The number of pyridine rings is 1. The molecule has 3 heterocycles. The van der Waals surface area contributed by atoms with E-state index in [9.17, 15) is 4.79 Å². The molecule has 4 rings (SSSR count). The number of amides is 1. The minimum Gasteiger partial charge on any atom is -0.338 e. The lowest BCUT2D eigenvalue weighted by Gasteiger charge is -2.19. The van der Waals surface area contributed by atoms with Crippen molar-refractivity contribution in [3.05, 3.63) is 42.6 Å². The Morgan fingerprint density at radius 1 is 1.26 bits per heavy atom. The fourth-order valence-corrected chi connectivity index (χ4v) is 3.74. The fraction of sp³-hybridized carbons (Fsp3) is 0.438. The Balaban J connectivity index is 0.00000156. The number of hydrogen-bond acceptors (Lipinski definition) is 4. The Hall–Kier alpha value is -1.92. The number of likely N-dealkylation sites (tertiary alicyclic amines) is 1. The molecule has 0 radical (unpaired) electrons. The van der Waals surface area contributed by atoms with Crippen molar-refractivity contribution in [1.29, 1.82) is 0 Å². The van der Waals surface area contributed by atoms with Gasteiger partial charge in [0.25, 0.3) is 5.91 Å². The predicted molar refractivity (Wildman–Crippen MR) is 88.7 cm³/mol. The number of carbonyl (C=O) groups is 1. The molecule has 1 aliphatic heterocycles. The van der Waals surface area contributed by atoms with Gasteiger partial charge in [0, 0.05) is 43.3 Å². The standard InChI is InChI=1S/C16H19N5O.ClH/c17-14-2-1-12-8-21(9-13(12)14)16(22)11-3-4-19-15(7-11)20-6-5-18-10-20;/h3-7,10,12-14H,1-2,8-9,17H2;1H. The second kappa shape index (κ2) is 6.29. The van der Waals surface area contributed by atoms with Crippen molar-refractivity contribution in [3.8, 4) is 5.82 Å². The predicted octanol–water partition coefficient (Wildman–Crippen LogP) is 1.50. The summed E-state index contributed by atoms with van der Waals surface area (Å²) in [6.07, 6.45) is 9.10. The lowest BCUT2D eigenvalue weighted by molar-refractivity contribution is 0.0779. The SMILES string of the molecule is Cl.NC1CCC2CN(C(=O)c3ccnc(-n4ccnc4)c3)CC12. The van der Waals surface area contributed by atoms with Crippen LogP contribution in [0.2, 0.25) is 0 Å². The molecular weight excluding hydrogens is 314 g/mol. The van der Waals surface area contributed by atoms with Gasteiger partial charge in [-0.15, -0.1) is 12.4 Å². The van der Waals surface area contributed by atoms with Gasteiger partial charge in [0.2, 0.25) is 0 Å². The quantitative estimate of drug-likeness (QED) is 0.903. The van der Waals surface area contributed by atoms with Crippen molar-refractivity contribution in [2.24, 2.45) is 17.6 Å². The molecule has 2 fully saturated rings. The summed E-state index contributed by atoms with van der Waals surface area (Å²) in [6.45, 7) is 1.62. The maximum Gasteiger partial charge on any atom is 0.254 e. The van der Waals surface area contributed by atoms with Crippen LogP contribution in [0.5, 0.6) is 0 Å². The third-order valence-corrected chi connectivity index (χ3v) is 4.96. The first-order valence-corrected chi connectivity index (χ1v) is 7.71. The molecule has 23 heavy (non-hydrogen) atoms. The van der Waals surface area contributed by atoms with Crippen molar-refractivity contribution in [2.45, 2.75) is 18.9 Å². The average Bonchev–Trinajstić information content (AvgIpc) is 3.25. The molecule has 1 amide bonds. The van der Waals surface area contributed by atoms with Crippen LogP contribution in [-0.4, -0.2) is 44.5 Å². The van der Waals surface area contributed by atoms with E-state index >= 15 is 0 Å². The highest BCUT2D eigenvalue weighted by atomic mass is 35.5. The smallest absolute Gasteiger partial charge is 0.254 e. The van der Waals surface area contributed by atoms with Crippen molar-refractivity contribution >= 4 is 18.3 Å². The Morgan fingerprint density at radius 3 is 2.87 bits per heavy atom. The van der Waals surface area contributed by atoms with Gasteiger partial charge in [0.1, 0.15) is 12.1 Å². The van der Waals surface area contributed by atoms with Crippen LogP contribution in [0.4, 0.5) is 0 Å². The Labute approximate surface area is 141 Å². The monoisotopic (exact) mass is 333 g/mol. The van der Waals surface area contributed by atoms with E-state index in [2.05, 4.69) is 9.97 Å². The zero-order valence-corrected chi connectivity index (χ0v) is 13.5. The Bertz CT molecular complexity index is 690. The van der Waals surface area contributed by atoms with Crippen molar-refractivity contribution in [1.82, 2.24) is 19.4 Å². The number of nitrogens with zero attached hydrogens (tertiary/aromatic N) is 4. The second-order valence-corrected chi connectivity index (χ2v) is 6.25. The number of aromatic nitrogens is 3. The maximum atomic E-state index is 12.7. The highest BCUT2D eigenvalue weighted by molar-refractivity contribution is 5.94. The maximum absolute atomic E-state index is 12.7. The number of fused-ring (bicyclic) bond motifs is 1. The summed E-state index contributed by atoms with van der Waals surface area (Å²) < 4.78 is 1.80. The minimum absolute atomic E-state index is 0. The van der Waals surface area contributed by atoms with Gasteiger partial charge < -0.3 is 10.6 Å². The number of rotatable bonds is 2. The molecule has 0 aromatic carbocycles. The van der Waals surface area contributed by atoms with E-state index in [1.54, 1.807) is 29.4 Å². The number of carbonyl (C=O) groups excluding carboxylic acids is 1. The van der Waals surface area contributed by atoms with Gasteiger partial charge in [-0.1, -0.05) is 0 Å². The first kappa shape index (κ1) is 16.0. The van der Waals surface area contributed by atoms with Crippen LogP contribution in [0.15, 0.2) is 37.1 Å². The number of imidazole rings is 1. The van der Waals surface area contributed by atoms with E-state index in [1.165, 1.54) is 0 Å². The molecule has 6 nitrogen and oxygen atoms in total. The summed E-state index contributed by atoms with van der Waals surface area (Å²) in [5.74, 6) is 1.83. The molecule has 1 saturated carbocycles. The molecule has 2 aliphatic rings. The highest BCUT2D eigenvalue weighted by Crippen LogP contribution is 2.37. The summed E-state index contributed by atoms with van der Waals surface area (Å²) in [6, 6.07) is 3.84. The van der Waals surface area contributed by atoms with Crippen molar-refractivity contribution in [3.63, 3.8) is 0 Å². The van der Waals surface area contributed by atoms with Gasteiger partial charge in [-0.05, 0) is 36.8 Å². The molecule has 122 valence electrons. The summed E-state index contributed by atoms with van der Waals surface area (Å²) in [5, 5.41) is 0. The van der Waals surface area contributed by atoms with Gasteiger partial charge >= 0.3 is 0 Å². The molecule has 1 saturated heterocycles. The van der Waals surface area contributed by atoms with E-state index in [4.69, 9.17) is 5.73 Å². The zero-order chi connectivity index (χ0) is 15.1. The third kappa shape index (κ3) is 2.84. The lowest BCUT2D eigenvalue weighted by atomic mass is 9.98. The van der Waals surface area contributed by atoms with Crippen LogP contribution >= 0.6 is 12.4 Å². The van der Waals surface area contributed by atoms with Gasteiger partial charge in [-0.2, -0.15) is 0 Å². The van der Waals surface area contributed by atoms with Crippen LogP contribution in [0.3, 0.4) is 0 Å². The zero-order valence-electron chi connectivity index (χ0n) is 12.7. The van der Waals surface area contributed by atoms with Crippen LogP contribution in [0.1, 0.15) is 23.2 Å². The Morgan fingerprint density at radius 2 is 2.13 bits per heavy atom. The van der Waals surface area contributed by atoms with Gasteiger partial charge in [0.15, 0.2) is 0 Å². The van der Waals surface area contributed by atoms with Crippen LogP contribution in [0.25, 0.3) is 5.82 Å². The average molecular weight is 334 g/mol. The molecule has 2 aromatic heterocycles. The summed E-state index contributed by atoms with van der Waals surface area (Å²) in [4.78, 5) is 23.0. The highest BCUT2D eigenvalue weighted by Gasteiger charge is 2.42. The Kier molecular flexibility index (Phi) is 4.37. The van der Waals surface area contributed by atoms with Crippen LogP contribution in [0, 0.1) is 11.8 Å². The topological polar surface area (TPSA) is 77.0 Å². The number of nitrogens with two attached hydrogens (primary N) is 1. The van der Waals surface area contributed by atoms with E-state index in [0.717, 1.165) is 25.9 Å². The largest absolute Gasteiger partial charge is 0.338 e. The van der Waals surface area contributed by atoms with Gasteiger partial charge in [-0.3, -0.25) is 9.36 Å². The number of hydrogen-bond donors (Lipinski definition) is 1. The van der Waals surface area contributed by atoms with Crippen molar-refractivity contribution < 1.29 is 4.79 Å². The first-order valence-electron chi connectivity index (χ1n) is 7.71. The lowest BCUT2D eigenvalue weighted by Crippen LogP contribution is -2.33. The minimum atomic E-state index is 0. The molecule has 3 unspecified atom stereocenters. The normalized spacial score (nSPS) is 26.0. The van der Waals surface area contributed by atoms with Crippen LogP contribution in [-0.2, 0) is 0 Å². The summed E-state index contributed by atoms with van der Waals surface area (Å²) in [7, 11) is 0. The molecular formula is C16H20ClN5O. The van der Waals surface area contributed by atoms with Crippen molar-refractivity contribution in [2.75, 3.05) is 13.1 Å². The van der Waals surface area contributed by atoms with Gasteiger partial charge in [0.05, 0.1) is 0 Å². The molecule has 0 bridgehead atoms. The molecule has 7 heteroatoms. The fourth-order valence-electron chi connectivity index (χ4n) is 3.74. The second-order valence-electron chi connectivity index (χ2n) is 6.25. The van der Waals surface area contributed by atoms with Gasteiger partial charge in [-0.25, -0.2) is 9.97 Å². The van der Waals surface area contributed by atoms with E-state index < -0.39 is 0 Å². The van der Waals surface area contributed by atoms with Crippen LogP contribution < -0.4 is 5.73 Å². The molecule has 3 atom stereocenters. The first-order chi connectivity index (χ1) is 10.7. The third-order valence-electron chi connectivity index (χ3n) is 4.96. The molecule has 2 aromatic rings. The number of halogens is 1. The van der Waals surface area contributed by atoms with E-state index in [1.807, 2.05) is 17.2 Å². The molecule has 1 aliphatic carbocycles.